The molecule has 7 heteroatoms. The van der Waals surface area contributed by atoms with Gasteiger partial charge < -0.3 is 4.90 Å². The fourth-order valence-electron chi connectivity index (χ4n) is 2.67. The molecule has 23 heavy (non-hydrogen) atoms. The van der Waals surface area contributed by atoms with Crippen molar-refractivity contribution in [3.05, 3.63) is 29.8 Å². The lowest BCUT2D eigenvalue weighted by Gasteiger charge is -2.34. The molecule has 1 saturated heterocycles. The van der Waals surface area contributed by atoms with Gasteiger partial charge in [-0.1, -0.05) is 24.1 Å². The molecule has 1 heterocycles. The van der Waals surface area contributed by atoms with Gasteiger partial charge in [-0.05, 0) is 11.6 Å². The Morgan fingerprint density at radius 1 is 1.22 bits per heavy atom. The molecular weight excluding hydrogens is 312 g/mol. The second-order valence-electron chi connectivity index (χ2n) is 5.73. The van der Waals surface area contributed by atoms with Gasteiger partial charge in [0.25, 0.3) is 10.2 Å². The molecule has 1 aliphatic rings. The molecule has 0 atom stereocenters. The second kappa shape index (κ2) is 7.79. The SMILES string of the molecule is C#CCNS(=O)(=O)N1CCN(Cc2ccccc2N(C)C)CC1. The van der Waals surface area contributed by atoms with Gasteiger partial charge in [-0.2, -0.15) is 17.4 Å². The lowest BCUT2D eigenvalue weighted by atomic mass is 10.1. The van der Waals surface area contributed by atoms with Gasteiger partial charge in [0, 0.05) is 52.5 Å². The van der Waals surface area contributed by atoms with Gasteiger partial charge in [-0.15, -0.1) is 6.42 Å². The molecule has 1 fully saturated rings. The minimum atomic E-state index is -3.46. The first kappa shape index (κ1) is 17.8. The number of nitrogens with zero attached hydrogens (tertiary/aromatic N) is 3. The lowest BCUT2D eigenvalue weighted by Crippen LogP contribution is -2.51. The fraction of sp³-hybridized carbons (Fsp3) is 0.500. The van der Waals surface area contributed by atoms with Gasteiger partial charge in [0.1, 0.15) is 0 Å². The van der Waals surface area contributed by atoms with Crippen molar-refractivity contribution >= 4 is 15.9 Å². The molecule has 1 aliphatic heterocycles. The molecule has 0 saturated carbocycles. The number of para-hydroxylation sites is 1. The first-order chi connectivity index (χ1) is 10.9. The van der Waals surface area contributed by atoms with E-state index in [1.54, 1.807) is 0 Å². The molecule has 2 rings (SSSR count). The third-order valence-corrected chi connectivity index (χ3v) is 5.45. The van der Waals surface area contributed by atoms with Crippen molar-refractivity contribution in [3.63, 3.8) is 0 Å². The van der Waals surface area contributed by atoms with Crippen LogP contribution in [-0.4, -0.2) is 64.4 Å². The molecule has 0 aliphatic carbocycles. The van der Waals surface area contributed by atoms with Crippen LogP contribution < -0.4 is 9.62 Å². The smallest absolute Gasteiger partial charge is 0.280 e. The van der Waals surface area contributed by atoms with E-state index in [0.717, 1.165) is 6.54 Å². The van der Waals surface area contributed by atoms with E-state index in [9.17, 15) is 8.42 Å². The van der Waals surface area contributed by atoms with E-state index in [1.165, 1.54) is 15.6 Å². The molecule has 0 amide bonds. The molecule has 1 N–H and O–H groups in total. The summed E-state index contributed by atoms with van der Waals surface area (Å²) >= 11 is 0. The van der Waals surface area contributed by atoms with Crippen molar-refractivity contribution in [2.75, 3.05) is 51.7 Å². The summed E-state index contributed by atoms with van der Waals surface area (Å²) in [5.74, 6) is 2.29. The monoisotopic (exact) mass is 336 g/mol. The van der Waals surface area contributed by atoms with Crippen LogP contribution in [0.2, 0.25) is 0 Å². The molecule has 1 aromatic rings. The number of piperazine rings is 1. The van der Waals surface area contributed by atoms with E-state index in [-0.39, 0.29) is 6.54 Å². The Morgan fingerprint density at radius 2 is 1.87 bits per heavy atom. The summed E-state index contributed by atoms with van der Waals surface area (Å²) < 4.78 is 28.0. The number of terminal acetylenes is 1. The highest BCUT2D eigenvalue weighted by Crippen LogP contribution is 2.20. The second-order valence-corrected chi connectivity index (χ2v) is 7.48. The standard InChI is InChI=1S/C16H24N4O2S/c1-4-9-17-23(21,22)20-12-10-19(11-13-20)14-15-7-5-6-8-16(15)18(2)3/h1,5-8,17H,9-14H2,2-3H3. The van der Waals surface area contributed by atoms with Crippen LogP contribution in [0.4, 0.5) is 5.69 Å². The maximum absolute atomic E-state index is 12.0. The van der Waals surface area contributed by atoms with Crippen LogP contribution in [0.15, 0.2) is 24.3 Å². The van der Waals surface area contributed by atoms with E-state index in [0.29, 0.717) is 26.2 Å². The summed E-state index contributed by atoms with van der Waals surface area (Å²) in [5, 5.41) is 0. The Hall–Kier alpha value is -1.59. The molecular formula is C16H24N4O2S. The summed E-state index contributed by atoms with van der Waals surface area (Å²) in [5.41, 5.74) is 2.44. The van der Waals surface area contributed by atoms with Crippen molar-refractivity contribution in [2.24, 2.45) is 0 Å². The normalized spacial score (nSPS) is 16.9. The molecule has 0 bridgehead atoms. The average molecular weight is 336 g/mol. The minimum Gasteiger partial charge on any atom is -0.377 e. The van der Waals surface area contributed by atoms with Crippen LogP contribution in [0, 0.1) is 12.3 Å². The first-order valence-corrected chi connectivity index (χ1v) is 9.04. The van der Waals surface area contributed by atoms with E-state index in [4.69, 9.17) is 6.42 Å². The number of hydrogen-bond acceptors (Lipinski definition) is 4. The molecule has 0 unspecified atom stereocenters. The molecule has 6 nitrogen and oxygen atoms in total. The highest BCUT2D eigenvalue weighted by molar-refractivity contribution is 7.87. The summed E-state index contributed by atoms with van der Waals surface area (Å²) in [7, 11) is 0.599. The number of nitrogens with one attached hydrogen (secondary N) is 1. The Morgan fingerprint density at radius 3 is 2.48 bits per heavy atom. The van der Waals surface area contributed by atoms with Crippen LogP contribution in [0.5, 0.6) is 0 Å². The quantitative estimate of drug-likeness (QED) is 0.761. The zero-order chi connectivity index (χ0) is 16.9. The van der Waals surface area contributed by atoms with Gasteiger partial charge in [0.05, 0.1) is 6.54 Å². The third-order valence-electron chi connectivity index (χ3n) is 3.90. The van der Waals surface area contributed by atoms with Gasteiger partial charge in [-0.25, -0.2) is 0 Å². The number of benzene rings is 1. The van der Waals surface area contributed by atoms with Crippen LogP contribution in [0.25, 0.3) is 0 Å². The Labute approximate surface area is 139 Å². The van der Waals surface area contributed by atoms with E-state index < -0.39 is 10.2 Å². The first-order valence-electron chi connectivity index (χ1n) is 7.60. The van der Waals surface area contributed by atoms with Crippen LogP contribution in [-0.2, 0) is 16.8 Å². The zero-order valence-corrected chi connectivity index (χ0v) is 14.5. The minimum absolute atomic E-state index is 0.0265. The fourth-order valence-corrected chi connectivity index (χ4v) is 3.77. The van der Waals surface area contributed by atoms with Gasteiger partial charge in [-0.3, -0.25) is 4.90 Å². The molecule has 1 aromatic carbocycles. The van der Waals surface area contributed by atoms with Gasteiger partial charge in [0.15, 0.2) is 0 Å². The van der Waals surface area contributed by atoms with Crippen molar-refractivity contribution in [1.82, 2.24) is 13.9 Å². The van der Waals surface area contributed by atoms with E-state index >= 15 is 0 Å². The van der Waals surface area contributed by atoms with Crippen LogP contribution in [0.1, 0.15) is 5.56 Å². The van der Waals surface area contributed by atoms with E-state index in [1.807, 2.05) is 26.2 Å². The molecule has 0 radical (unpaired) electrons. The predicted molar refractivity (Wildman–Crippen MR) is 93.4 cm³/mol. The van der Waals surface area contributed by atoms with Crippen molar-refractivity contribution in [3.8, 4) is 12.3 Å². The zero-order valence-electron chi connectivity index (χ0n) is 13.7. The third kappa shape index (κ3) is 4.69. The predicted octanol–water partition coefficient (Wildman–Crippen LogP) is 0.338. The van der Waals surface area contributed by atoms with Gasteiger partial charge >= 0.3 is 0 Å². The van der Waals surface area contributed by atoms with Crippen molar-refractivity contribution in [1.29, 1.82) is 0 Å². The van der Waals surface area contributed by atoms with Crippen molar-refractivity contribution in [2.45, 2.75) is 6.54 Å². The largest absolute Gasteiger partial charge is 0.377 e. The summed E-state index contributed by atoms with van der Waals surface area (Å²) in [4.78, 5) is 4.37. The molecule has 0 aromatic heterocycles. The number of hydrogen-bond donors (Lipinski definition) is 1. The Balaban J connectivity index is 1.94. The number of anilines is 1. The lowest BCUT2D eigenvalue weighted by molar-refractivity contribution is 0.181. The number of rotatable bonds is 6. The van der Waals surface area contributed by atoms with E-state index in [2.05, 4.69) is 32.6 Å². The van der Waals surface area contributed by atoms with Gasteiger partial charge in [0.2, 0.25) is 0 Å². The Bertz CT molecular complexity index is 659. The van der Waals surface area contributed by atoms with Crippen LogP contribution in [0.3, 0.4) is 0 Å². The highest BCUT2D eigenvalue weighted by atomic mass is 32.2. The van der Waals surface area contributed by atoms with Crippen LogP contribution >= 0.6 is 0 Å². The topological polar surface area (TPSA) is 55.9 Å². The maximum Gasteiger partial charge on any atom is 0.280 e. The summed E-state index contributed by atoms with van der Waals surface area (Å²) in [6.07, 6.45) is 5.10. The highest BCUT2D eigenvalue weighted by Gasteiger charge is 2.26. The summed E-state index contributed by atoms with van der Waals surface area (Å²) in [6, 6.07) is 8.28. The van der Waals surface area contributed by atoms with Crippen molar-refractivity contribution < 1.29 is 8.42 Å². The molecule has 0 spiro atoms. The average Bonchev–Trinajstić information content (AvgIpc) is 2.54. The Kier molecular flexibility index (Phi) is 6.02. The maximum atomic E-state index is 12.0. The molecule has 126 valence electrons. The summed E-state index contributed by atoms with van der Waals surface area (Å²) in [6.45, 7) is 3.21.